The highest BCUT2D eigenvalue weighted by Crippen LogP contribution is 2.30. The maximum absolute atomic E-state index is 12.7. The smallest absolute Gasteiger partial charge is 0.356 e. The zero-order valence-electron chi connectivity index (χ0n) is 15.8. The summed E-state index contributed by atoms with van der Waals surface area (Å²) in [7, 11) is 0. The highest BCUT2D eigenvalue weighted by Gasteiger charge is 2.31. The third-order valence-corrected chi connectivity index (χ3v) is 5.16. The van der Waals surface area contributed by atoms with Gasteiger partial charge in [0.25, 0.3) is 5.91 Å². The number of alkyl halides is 3. The van der Waals surface area contributed by atoms with Gasteiger partial charge in [-0.2, -0.15) is 18.3 Å². The molecule has 0 bridgehead atoms. The molecule has 0 unspecified atom stereocenters. The number of hydrogen-bond donors (Lipinski definition) is 2. The number of carbonyl (C=O) groups is 1. The third kappa shape index (κ3) is 4.03. The van der Waals surface area contributed by atoms with Crippen molar-refractivity contribution in [3.8, 4) is 0 Å². The Kier molecular flexibility index (Phi) is 4.89. The molecular formula is C20H20F3N5O. The molecule has 1 aliphatic rings. The van der Waals surface area contributed by atoms with E-state index in [1.165, 1.54) is 6.07 Å². The summed E-state index contributed by atoms with van der Waals surface area (Å²) in [5.41, 5.74) is 1.47. The zero-order chi connectivity index (χ0) is 20.6. The summed E-state index contributed by atoms with van der Waals surface area (Å²) in [5, 5.41) is 10.8. The van der Waals surface area contributed by atoms with Crippen LogP contribution in [0.15, 0.2) is 36.5 Å². The number of halogens is 3. The van der Waals surface area contributed by atoms with Gasteiger partial charge >= 0.3 is 6.18 Å². The van der Waals surface area contributed by atoms with Crippen molar-refractivity contribution in [3.05, 3.63) is 53.3 Å². The van der Waals surface area contributed by atoms with Crippen molar-refractivity contribution < 1.29 is 18.0 Å². The first-order valence-electron chi connectivity index (χ1n) is 9.35. The molecule has 0 radical (unpaired) electrons. The molecule has 6 nitrogen and oxygen atoms in total. The van der Waals surface area contributed by atoms with E-state index in [-0.39, 0.29) is 11.9 Å². The molecular weight excluding hydrogens is 383 g/mol. The molecule has 4 rings (SSSR count). The molecule has 9 heteroatoms. The quantitative estimate of drug-likeness (QED) is 0.700. The second-order valence-corrected chi connectivity index (χ2v) is 7.26. The number of aromatic nitrogens is 3. The first kappa shape index (κ1) is 19.2. The van der Waals surface area contributed by atoms with Gasteiger partial charge in [-0.15, -0.1) is 0 Å². The topological polar surface area (TPSA) is 73.9 Å². The highest BCUT2D eigenvalue weighted by molar-refractivity contribution is 6.04. The Morgan fingerprint density at radius 1 is 1.21 bits per heavy atom. The number of rotatable bonds is 3. The van der Waals surface area contributed by atoms with Gasteiger partial charge in [0.15, 0.2) is 5.69 Å². The van der Waals surface area contributed by atoms with Crippen LogP contribution in [-0.4, -0.2) is 40.2 Å². The van der Waals surface area contributed by atoms with Gasteiger partial charge in [0.05, 0.1) is 11.1 Å². The van der Waals surface area contributed by atoms with Crippen molar-refractivity contribution >= 4 is 22.6 Å². The van der Waals surface area contributed by atoms with Gasteiger partial charge < -0.3 is 10.2 Å². The van der Waals surface area contributed by atoms with Crippen LogP contribution in [0.25, 0.3) is 10.9 Å². The average molecular weight is 403 g/mol. The maximum Gasteiger partial charge on any atom is 0.417 e. The van der Waals surface area contributed by atoms with Gasteiger partial charge in [-0.1, -0.05) is 11.6 Å². The summed E-state index contributed by atoms with van der Waals surface area (Å²) in [4.78, 5) is 18.5. The molecule has 1 aromatic carbocycles. The Morgan fingerprint density at radius 3 is 2.62 bits per heavy atom. The minimum Gasteiger partial charge on any atom is -0.356 e. The number of benzene rings is 1. The van der Waals surface area contributed by atoms with Crippen LogP contribution in [-0.2, 0) is 6.18 Å². The number of anilines is 1. The fourth-order valence-corrected chi connectivity index (χ4v) is 3.55. The SMILES string of the molecule is Cc1ccc2[nH]nc(C(=O)NC3CCN(c4ccc(C(F)(F)F)cn4)CC3)c2c1. The second-order valence-electron chi connectivity index (χ2n) is 7.26. The summed E-state index contributed by atoms with van der Waals surface area (Å²) in [6, 6.07) is 8.18. The number of fused-ring (bicyclic) bond motifs is 1. The van der Waals surface area contributed by atoms with E-state index in [1.807, 2.05) is 30.0 Å². The molecule has 2 aromatic heterocycles. The Labute approximate surface area is 165 Å². The van der Waals surface area contributed by atoms with E-state index in [4.69, 9.17) is 0 Å². The molecule has 0 atom stereocenters. The van der Waals surface area contributed by atoms with E-state index < -0.39 is 11.7 Å². The molecule has 1 amide bonds. The number of carbonyl (C=O) groups excluding carboxylic acids is 1. The Hall–Kier alpha value is -3.10. The summed E-state index contributed by atoms with van der Waals surface area (Å²) >= 11 is 0. The Balaban J connectivity index is 1.37. The largest absolute Gasteiger partial charge is 0.417 e. The summed E-state index contributed by atoms with van der Waals surface area (Å²) in [6.07, 6.45) is -2.18. The van der Waals surface area contributed by atoms with E-state index >= 15 is 0 Å². The Morgan fingerprint density at radius 2 is 1.97 bits per heavy atom. The molecule has 0 aliphatic carbocycles. The predicted molar refractivity (Wildman–Crippen MR) is 103 cm³/mol. The summed E-state index contributed by atoms with van der Waals surface area (Å²) in [5.74, 6) is 0.282. The van der Waals surface area contributed by atoms with Crippen LogP contribution < -0.4 is 10.2 Å². The average Bonchev–Trinajstić information content (AvgIpc) is 3.11. The summed E-state index contributed by atoms with van der Waals surface area (Å²) in [6.45, 7) is 3.16. The molecule has 3 heterocycles. The first-order chi connectivity index (χ1) is 13.8. The van der Waals surface area contributed by atoms with Crippen molar-refractivity contribution in [2.24, 2.45) is 0 Å². The lowest BCUT2D eigenvalue weighted by molar-refractivity contribution is -0.137. The molecule has 1 aliphatic heterocycles. The number of nitrogens with zero attached hydrogens (tertiary/aromatic N) is 3. The fourth-order valence-electron chi connectivity index (χ4n) is 3.55. The minimum atomic E-state index is -4.39. The van der Waals surface area contributed by atoms with E-state index in [0.29, 0.717) is 37.4 Å². The van der Waals surface area contributed by atoms with Crippen LogP contribution in [0.3, 0.4) is 0 Å². The Bertz CT molecular complexity index is 1020. The molecule has 152 valence electrons. The number of pyridine rings is 1. The fraction of sp³-hybridized carbons (Fsp3) is 0.350. The van der Waals surface area contributed by atoms with Gasteiger partial charge in [-0.25, -0.2) is 4.98 Å². The molecule has 1 fully saturated rings. The number of aryl methyl sites for hydroxylation is 1. The van der Waals surface area contributed by atoms with Crippen molar-refractivity contribution in [1.29, 1.82) is 0 Å². The first-order valence-corrected chi connectivity index (χ1v) is 9.35. The molecule has 3 aromatic rings. The van der Waals surface area contributed by atoms with Crippen molar-refractivity contribution in [1.82, 2.24) is 20.5 Å². The van der Waals surface area contributed by atoms with E-state index in [2.05, 4.69) is 20.5 Å². The van der Waals surface area contributed by atoms with Gasteiger partial charge in [0.2, 0.25) is 0 Å². The van der Waals surface area contributed by atoms with Crippen LogP contribution in [0.5, 0.6) is 0 Å². The predicted octanol–water partition coefficient (Wildman–Crippen LogP) is 3.68. The number of piperidine rings is 1. The van der Waals surface area contributed by atoms with E-state index in [1.54, 1.807) is 0 Å². The van der Waals surface area contributed by atoms with Crippen molar-refractivity contribution in [3.63, 3.8) is 0 Å². The van der Waals surface area contributed by atoms with E-state index in [0.717, 1.165) is 28.7 Å². The normalized spacial score (nSPS) is 15.7. The van der Waals surface area contributed by atoms with Crippen LogP contribution in [0.1, 0.15) is 34.5 Å². The molecule has 1 saturated heterocycles. The van der Waals surface area contributed by atoms with Gasteiger partial charge in [-0.05, 0) is 44.0 Å². The zero-order valence-corrected chi connectivity index (χ0v) is 15.8. The number of nitrogens with one attached hydrogen (secondary N) is 2. The van der Waals surface area contributed by atoms with Gasteiger partial charge in [0, 0.05) is 30.7 Å². The van der Waals surface area contributed by atoms with Crippen LogP contribution in [0.4, 0.5) is 19.0 Å². The lowest BCUT2D eigenvalue weighted by Gasteiger charge is -2.33. The van der Waals surface area contributed by atoms with Crippen molar-refractivity contribution in [2.75, 3.05) is 18.0 Å². The third-order valence-electron chi connectivity index (χ3n) is 5.16. The number of hydrogen-bond acceptors (Lipinski definition) is 4. The molecule has 0 saturated carbocycles. The monoisotopic (exact) mass is 403 g/mol. The lowest BCUT2D eigenvalue weighted by Crippen LogP contribution is -2.45. The standard InChI is InChI=1S/C20H20F3N5O/c1-12-2-4-16-15(10-12)18(27-26-16)19(29)25-14-6-8-28(9-7-14)17-5-3-13(11-24-17)20(21,22)23/h2-5,10-11,14H,6-9H2,1H3,(H,25,29)(H,26,27). The van der Waals surface area contributed by atoms with Gasteiger partial charge in [-0.3, -0.25) is 9.89 Å². The number of aromatic amines is 1. The number of amides is 1. The lowest BCUT2D eigenvalue weighted by atomic mass is 10.0. The van der Waals surface area contributed by atoms with Crippen molar-refractivity contribution in [2.45, 2.75) is 32.0 Å². The number of H-pyrrole nitrogens is 1. The maximum atomic E-state index is 12.7. The molecule has 29 heavy (non-hydrogen) atoms. The van der Waals surface area contributed by atoms with Crippen LogP contribution in [0, 0.1) is 6.92 Å². The highest BCUT2D eigenvalue weighted by atomic mass is 19.4. The summed E-state index contributed by atoms with van der Waals surface area (Å²) < 4.78 is 38.0. The van der Waals surface area contributed by atoms with Crippen LogP contribution in [0.2, 0.25) is 0 Å². The minimum absolute atomic E-state index is 0.0234. The second kappa shape index (κ2) is 7.38. The molecule has 0 spiro atoms. The van der Waals surface area contributed by atoms with Gasteiger partial charge in [0.1, 0.15) is 5.82 Å². The molecule has 2 N–H and O–H groups in total. The van der Waals surface area contributed by atoms with E-state index in [9.17, 15) is 18.0 Å². The van der Waals surface area contributed by atoms with Crippen LogP contribution >= 0.6 is 0 Å².